The van der Waals surface area contributed by atoms with Crippen molar-refractivity contribution in [3.05, 3.63) is 48.0 Å². The Morgan fingerprint density at radius 3 is 2.17 bits per heavy atom. The van der Waals surface area contributed by atoms with Gasteiger partial charge in [0, 0.05) is 17.3 Å². The lowest BCUT2D eigenvalue weighted by Crippen LogP contribution is -2.58. The molecule has 7 nitrogen and oxygen atoms in total. The van der Waals surface area contributed by atoms with E-state index in [-0.39, 0.29) is 0 Å². The summed E-state index contributed by atoms with van der Waals surface area (Å²) in [4.78, 5) is 25.0. The molecule has 1 N–H and O–H groups in total. The molecule has 29 heavy (non-hydrogen) atoms. The lowest BCUT2D eigenvalue weighted by Gasteiger charge is -2.41. The van der Waals surface area contributed by atoms with Crippen molar-refractivity contribution in [3.63, 3.8) is 0 Å². The highest BCUT2D eigenvalue weighted by Gasteiger charge is 2.30. The van der Waals surface area contributed by atoms with Gasteiger partial charge in [-0.3, -0.25) is 4.79 Å². The summed E-state index contributed by atoms with van der Waals surface area (Å²) in [5.74, 6) is 1.51. The summed E-state index contributed by atoms with van der Waals surface area (Å²) < 4.78 is 11.1. The minimum Gasteiger partial charge on any atom is -0.530 e. The third-order valence-electron chi connectivity index (χ3n) is 4.42. The number of hydrogen-bond donors (Lipinski definition) is 1. The summed E-state index contributed by atoms with van der Waals surface area (Å²) in [6.45, 7) is 8.59. The van der Waals surface area contributed by atoms with Gasteiger partial charge in [0.2, 0.25) is 5.91 Å². The Labute approximate surface area is 171 Å². The molecule has 7 heteroatoms. The second-order valence-electron chi connectivity index (χ2n) is 7.73. The van der Waals surface area contributed by atoms with Gasteiger partial charge in [-0.25, -0.2) is 0 Å². The van der Waals surface area contributed by atoms with Crippen molar-refractivity contribution in [1.29, 1.82) is 0 Å². The molecule has 0 aliphatic rings. The third-order valence-corrected chi connectivity index (χ3v) is 4.42. The summed E-state index contributed by atoms with van der Waals surface area (Å²) >= 11 is 0. The molecule has 2 aromatic rings. The fourth-order valence-corrected chi connectivity index (χ4v) is 2.98. The van der Waals surface area contributed by atoms with Gasteiger partial charge in [0.1, 0.15) is 29.4 Å². The van der Waals surface area contributed by atoms with Crippen LogP contribution in [0.25, 0.3) is 0 Å². The van der Waals surface area contributed by atoms with Crippen molar-refractivity contribution in [2.45, 2.75) is 46.2 Å². The highest BCUT2D eigenvalue weighted by molar-refractivity contribution is 5.96. The third kappa shape index (κ3) is 5.63. The number of hydrogen-bond acceptors (Lipinski definition) is 5. The largest absolute Gasteiger partial charge is 0.530 e. The molecule has 156 valence electrons. The second-order valence-corrected chi connectivity index (χ2v) is 7.73. The minimum absolute atomic E-state index is 0.443. The summed E-state index contributed by atoms with van der Waals surface area (Å²) in [7, 11) is 1.60. The molecule has 0 saturated carbocycles. The SMILES string of the molecule is COc1cc(Oc2ccc(NC(=O)[C@@H](C)N(C(=O)[O-])C(C)(C)C)cc2)ccc1C. The molecule has 2 amide bonds. The zero-order valence-corrected chi connectivity index (χ0v) is 17.6. The first kappa shape index (κ1) is 22.1. The number of nitrogens with one attached hydrogen (secondary N) is 1. The second kappa shape index (κ2) is 8.86. The number of anilines is 1. The first-order valence-corrected chi connectivity index (χ1v) is 9.26. The standard InChI is InChI=1S/C22H28N2O5/c1-14-7-10-18(13-19(14)28-6)29-17-11-8-16(9-12-17)23-20(25)15(2)24(21(26)27)22(3,4)5/h7-13,15H,1-6H3,(H,23,25)(H,26,27)/p-1/t15-/m1/s1. The Morgan fingerprint density at radius 2 is 1.66 bits per heavy atom. The maximum Gasteiger partial charge on any atom is 0.246 e. The summed E-state index contributed by atoms with van der Waals surface area (Å²) in [6.07, 6.45) is -1.39. The zero-order valence-electron chi connectivity index (χ0n) is 17.6. The van der Waals surface area contributed by atoms with Crippen LogP contribution in [0.5, 0.6) is 17.2 Å². The summed E-state index contributed by atoms with van der Waals surface area (Å²) in [5, 5.41) is 14.2. The maximum absolute atomic E-state index is 12.5. The fraction of sp³-hybridized carbons (Fsp3) is 0.364. The van der Waals surface area contributed by atoms with Gasteiger partial charge < -0.3 is 29.6 Å². The fourth-order valence-electron chi connectivity index (χ4n) is 2.98. The number of aryl methyl sites for hydroxylation is 1. The molecule has 0 spiro atoms. The highest BCUT2D eigenvalue weighted by Crippen LogP contribution is 2.28. The van der Waals surface area contributed by atoms with E-state index in [1.54, 1.807) is 58.2 Å². The predicted molar refractivity (Wildman–Crippen MR) is 109 cm³/mol. The van der Waals surface area contributed by atoms with Crippen LogP contribution in [0, 0.1) is 6.92 Å². The molecule has 2 aromatic carbocycles. The molecule has 0 unspecified atom stereocenters. The van der Waals surface area contributed by atoms with E-state index in [2.05, 4.69) is 5.32 Å². The van der Waals surface area contributed by atoms with E-state index < -0.39 is 23.6 Å². The Hall–Kier alpha value is -3.22. The van der Waals surface area contributed by atoms with Crippen molar-refractivity contribution in [2.75, 3.05) is 12.4 Å². The van der Waals surface area contributed by atoms with Gasteiger partial charge in [-0.1, -0.05) is 6.07 Å². The van der Waals surface area contributed by atoms with Crippen molar-refractivity contribution in [1.82, 2.24) is 4.90 Å². The van der Waals surface area contributed by atoms with E-state index in [1.165, 1.54) is 6.92 Å². The Balaban J connectivity index is 2.06. The van der Waals surface area contributed by atoms with Gasteiger partial charge in [-0.2, -0.15) is 0 Å². The van der Waals surface area contributed by atoms with Crippen LogP contribution in [0.2, 0.25) is 0 Å². The number of carbonyl (C=O) groups is 2. The van der Waals surface area contributed by atoms with Crippen LogP contribution >= 0.6 is 0 Å². The molecule has 0 saturated heterocycles. The molecule has 2 rings (SSSR count). The van der Waals surface area contributed by atoms with Crippen LogP contribution in [0.3, 0.4) is 0 Å². The molecule has 1 atom stereocenters. The molecular weight excluding hydrogens is 372 g/mol. The topological polar surface area (TPSA) is 90.9 Å². The first-order valence-electron chi connectivity index (χ1n) is 9.26. The first-order chi connectivity index (χ1) is 13.5. The number of nitrogens with zero attached hydrogens (tertiary/aromatic N) is 1. The summed E-state index contributed by atoms with van der Waals surface area (Å²) in [5.41, 5.74) is 0.776. The molecule has 0 aliphatic carbocycles. The van der Waals surface area contributed by atoms with Crippen molar-refractivity contribution in [3.8, 4) is 17.2 Å². The van der Waals surface area contributed by atoms with Gasteiger partial charge in [-0.05, 0) is 70.5 Å². The molecule has 0 fully saturated rings. The number of carboxylic acid groups (broad SMARTS) is 1. The van der Waals surface area contributed by atoms with Gasteiger partial charge in [0.05, 0.1) is 7.11 Å². The van der Waals surface area contributed by atoms with Gasteiger partial charge in [0.25, 0.3) is 0 Å². The molecule has 0 bridgehead atoms. The van der Waals surface area contributed by atoms with E-state index in [1.807, 2.05) is 19.1 Å². The van der Waals surface area contributed by atoms with Crippen LogP contribution in [0.4, 0.5) is 10.5 Å². The van der Waals surface area contributed by atoms with Crippen LogP contribution in [0.15, 0.2) is 42.5 Å². The van der Waals surface area contributed by atoms with E-state index in [0.717, 1.165) is 16.2 Å². The number of carbonyl (C=O) groups excluding carboxylic acids is 2. The number of amides is 2. The average Bonchev–Trinajstić information content (AvgIpc) is 2.63. The van der Waals surface area contributed by atoms with E-state index in [0.29, 0.717) is 17.2 Å². The smallest absolute Gasteiger partial charge is 0.246 e. The minimum atomic E-state index is -1.39. The lowest BCUT2D eigenvalue weighted by molar-refractivity contribution is -0.272. The number of rotatable bonds is 6. The van der Waals surface area contributed by atoms with Crippen molar-refractivity contribution >= 4 is 17.7 Å². The van der Waals surface area contributed by atoms with Crippen LogP contribution in [0.1, 0.15) is 33.3 Å². The maximum atomic E-state index is 12.5. The van der Waals surface area contributed by atoms with Gasteiger partial charge in [-0.15, -0.1) is 0 Å². The molecule has 0 heterocycles. The molecule has 0 aromatic heterocycles. The lowest BCUT2D eigenvalue weighted by atomic mass is 10.0. The monoisotopic (exact) mass is 399 g/mol. The normalized spacial score (nSPS) is 12.1. The van der Waals surface area contributed by atoms with E-state index in [4.69, 9.17) is 9.47 Å². The Bertz CT molecular complexity index is 872. The van der Waals surface area contributed by atoms with Crippen molar-refractivity contribution < 1.29 is 24.2 Å². The highest BCUT2D eigenvalue weighted by atomic mass is 16.5. The van der Waals surface area contributed by atoms with E-state index >= 15 is 0 Å². The Morgan fingerprint density at radius 1 is 1.07 bits per heavy atom. The quantitative estimate of drug-likeness (QED) is 0.802. The van der Waals surface area contributed by atoms with Crippen molar-refractivity contribution in [2.24, 2.45) is 0 Å². The number of benzene rings is 2. The zero-order chi connectivity index (χ0) is 21.8. The average molecular weight is 399 g/mol. The van der Waals surface area contributed by atoms with Gasteiger partial charge >= 0.3 is 0 Å². The molecule has 0 aliphatic heterocycles. The van der Waals surface area contributed by atoms with Crippen LogP contribution in [-0.4, -0.2) is 35.6 Å². The van der Waals surface area contributed by atoms with Crippen LogP contribution in [-0.2, 0) is 4.79 Å². The Kier molecular flexibility index (Phi) is 6.74. The summed E-state index contributed by atoms with van der Waals surface area (Å²) in [6, 6.07) is 11.4. The van der Waals surface area contributed by atoms with E-state index in [9.17, 15) is 14.7 Å². The number of methoxy groups -OCH3 is 1. The predicted octanol–water partition coefficient (Wildman–Crippen LogP) is 3.57. The molecular formula is C22H27N2O5-. The van der Waals surface area contributed by atoms with Crippen LogP contribution < -0.4 is 19.9 Å². The van der Waals surface area contributed by atoms with Gasteiger partial charge in [0.15, 0.2) is 0 Å². The number of ether oxygens (including phenoxy) is 2. The molecule has 0 radical (unpaired) electrons.